The summed E-state index contributed by atoms with van der Waals surface area (Å²) in [6.45, 7) is 16.7. The van der Waals surface area contributed by atoms with Crippen molar-refractivity contribution in [2.24, 2.45) is 11.3 Å². The van der Waals surface area contributed by atoms with Crippen LogP contribution in [0.3, 0.4) is 0 Å². The number of ether oxygens (including phenoxy) is 3. The van der Waals surface area contributed by atoms with Crippen LogP contribution in [-0.2, 0) is 52.8 Å². The summed E-state index contributed by atoms with van der Waals surface area (Å²) in [5.74, 6) is -2.56. The van der Waals surface area contributed by atoms with Crippen molar-refractivity contribution in [2.45, 2.75) is 116 Å². The third kappa shape index (κ3) is 11.4. The van der Waals surface area contributed by atoms with Crippen LogP contribution >= 0.6 is 0 Å². The Balaban J connectivity index is 1.16. The molecular formula is C60H75N9O8. The Morgan fingerprint density at radius 3 is 2.47 bits per heavy atom. The number of hydrazine groups is 1. The van der Waals surface area contributed by atoms with Crippen molar-refractivity contribution in [2.75, 3.05) is 72.0 Å². The van der Waals surface area contributed by atoms with Crippen molar-refractivity contribution in [3.05, 3.63) is 101 Å². The number of piperazine rings is 1. The average molecular weight is 1050 g/mol. The first-order valence-electron chi connectivity index (χ1n) is 27.3. The van der Waals surface area contributed by atoms with Crippen LogP contribution in [0.2, 0.25) is 0 Å². The number of carbonyl (C=O) groups excluding carboxylic acids is 4. The van der Waals surface area contributed by atoms with Gasteiger partial charge in [-0.05, 0) is 105 Å². The first-order chi connectivity index (χ1) is 36.9. The minimum Gasteiger partial charge on any atom is -0.508 e. The lowest BCUT2D eigenvalue weighted by Gasteiger charge is -2.37. The van der Waals surface area contributed by atoms with Gasteiger partial charge in [-0.15, -0.1) is 0 Å². The van der Waals surface area contributed by atoms with Crippen LogP contribution < -0.4 is 15.6 Å². The number of hydrogen-bond acceptors (Lipinski definition) is 13. The van der Waals surface area contributed by atoms with E-state index in [2.05, 4.69) is 65.1 Å². The molecule has 3 fully saturated rings. The van der Waals surface area contributed by atoms with Crippen LogP contribution in [0.25, 0.3) is 33.3 Å². The zero-order valence-electron chi connectivity index (χ0n) is 46.1. The molecule has 17 heteroatoms. The lowest BCUT2D eigenvalue weighted by atomic mass is 9.83. The van der Waals surface area contributed by atoms with Gasteiger partial charge in [0.05, 0.1) is 53.1 Å². The molecule has 3 saturated heterocycles. The van der Waals surface area contributed by atoms with E-state index < -0.39 is 47.4 Å². The number of phenolic OH excluding ortho intramolecular Hbond substituents is 1. The minimum atomic E-state index is -1.23. The van der Waals surface area contributed by atoms with Crippen molar-refractivity contribution in [1.29, 1.82) is 5.26 Å². The third-order valence-electron chi connectivity index (χ3n) is 16.1. The van der Waals surface area contributed by atoms with Gasteiger partial charge in [0.15, 0.2) is 0 Å². The van der Waals surface area contributed by atoms with E-state index in [-0.39, 0.29) is 49.2 Å². The number of aromatic hydroxyl groups is 1. The van der Waals surface area contributed by atoms with Gasteiger partial charge in [-0.25, -0.2) is 5.43 Å². The number of anilines is 1. The predicted octanol–water partition coefficient (Wildman–Crippen LogP) is 7.13. The molecule has 0 spiro atoms. The number of hydrogen-bond donors (Lipinski definition) is 3. The molecule has 6 bridgehead atoms. The van der Waals surface area contributed by atoms with E-state index in [0.29, 0.717) is 61.1 Å². The maximum Gasteiger partial charge on any atom is 0.324 e. The van der Waals surface area contributed by atoms with Crippen molar-refractivity contribution in [1.82, 2.24) is 35.1 Å². The van der Waals surface area contributed by atoms with E-state index in [0.717, 1.165) is 70.8 Å². The van der Waals surface area contributed by atoms with Gasteiger partial charge in [-0.3, -0.25) is 29.2 Å². The number of methoxy groups -OCH3 is 1. The summed E-state index contributed by atoms with van der Waals surface area (Å²) >= 11 is 0. The Hall–Kier alpha value is -6.84. The number of aromatic nitrogens is 2. The lowest BCUT2D eigenvalue weighted by Crippen LogP contribution is -2.62. The smallest absolute Gasteiger partial charge is 0.324 e. The SMILES string of the molecule is CCn1c(-c2cc(N3CCN(C)CC3)cnc2C(C)OC)c2c3cc(c(C#N)cc31)-c1cc(O)cc(c1)CC(NC(=O)C(C(C)C)N(C)C(=O)C1OCCC1c1ccccc1)C(=O)N1CCCC(N1)C(=O)OCC(C)(C)C2. The number of nitriles is 1. The molecule has 4 aliphatic heterocycles. The standard InChI is InChI=1S/C60H75N9O8/c1-10-68-51-29-41(33-61)45-31-46(51)48(54(68)47-30-42(34-62-52(47)37(4)75-9)67-22-20-65(7)21-23-67)32-60(5,6)35-77-59(74)49-17-14-19-69(64-49)57(72)50(27-38-25-40(45)28-43(70)26-38)63-56(71)53(36(2)3)66(8)58(73)55-44(18-24-76-55)39-15-12-11-13-16-39/h11-13,15-16,25-26,28-31,34,36-37,44,49-50,53,55,64,70H,10,14,17-24,27,32,35H2,1-9H3,(H,63,71). The van der Waals surface area contributed by atoms with E-state index in [1.807, 2.05) is 75.5 Å². The molecule has 3 N–H and O–H groups in total. The maximum absolute atomic E-state index is 15.0. The lowest BCUT2D eigenvalue weighted by molar-refractivity contribution is -0.155. The van der Waals surface area contributed by atoms with Gasteiger partial charge >= 0.3 is 5.97 Å². The highest BCUT2D eigenvalue weighted by atomic mass is 16.5. The van der Waals surface area contributed by atoms with Gasteiger partial charge in [0.25, 0.3) is 11.8 Å². The second-order valence-corrected chi connectivity index (χ2v) is 22.5. The molecular weight excluding hydrogens is 975 g/mol. The number of rotatable bonds is 11. The number of esters is 1. The van der Waals surface area contributed by atoms with E-state index in [1.54, 1.807) is 26.3 Å². The Kier molecular flexibility index (Phi) is 16.4. The van der Waals surface area contributed by atoms with Gasteiger partial charge in [0.2, 0.25) is 5.91 Å². The number of nitrogens with one attached hydrogen (secondary N) is 2. The van der Waals surface area contributed by atoms with Crippen LogP contribution in [0.4, 0.5) is 5.69 Å². The van der Waals surface area contributed by atoms with Gasteiger partial charge in [0.1, 0.15) is 30.0 Å². The topological polar surface area (TPSA) is 195 Å². The number of cyclic esters (lactones) is 1. The van der Waals surface area contributed by atoms with E-state index in [9.17, 15) is 29.5 Å². The monoisotopic (exact) mass is 1050 g/mol. The molecule has 4 aliphatic rings. The summed E-state index contributed by atoms with van der Waals surface area (Å²) in [6.07, 6.45) is 2.69. The summed E-state index contributed by atoms with van der Waals surface area (Å²) in [4.78, 5) is 69.6. The predicted molar refractivity (Wildman–Crippen MR) is 295 cm³/mol. The summed E-state index contributed by atoms with van der Waals surface area (Å²) in [5.41, 5.74) is 10.9. The number of pyridine rings is 1. The molecule has 6 heterocycles. The fraction of sp³-hybridized carbons (Fsp3) is 0.500. The molecule has 0 aliphatic carbocycles. The van der Waals surface area contributed by atoms with Crippen molar-refractivity contribution < 1.29 is 38.5 Å². The third-order valence-corrected chi connectivity index (χ3v) is 16.1. The molecule has 6 atom stereocenters. The molecule has 5 aromatic rings. The number of nitrogens with zero attached hydrogens (tertiary/aromatic N) is 7. The highest BCUT2D eigenvalue weighted by Crippen LogP contribution is 2.44. The average Bonchev–Trinajstić information content (AvgIpc) is 4.03. The first kappa shape index (κ1) is 54.9. The molecule has 2 aromatic heterocycles. The Bertz CT molecular complexity index is 3050. The van der Waals surface area contributed by atoms with Gasteiger partial charge in [0, 0.05) is 94.3 Å². The largest absolute Gasteiger partial charge is 0.508 e. The van der Waals surface area contributed by atoms with E-state index >= 15 is 0 Å². The van der Waals surface area contributed by atoms with Gasteiger partial charge in [-0.1, -0.05) is 64.1 Å². The van der Waals surface area contributed by atoms with E-state index in [1.165, 1.54) is 9.91 Å². The number of amides is 3. The zero-order chi connectivity index (χ0) is 54.9. The highest BCUT2D eigenvalue weighted by Gasteiger charge is 2.42. The number of fused-ring (bicyclic) bond motifs is 6. The van der Waals surface area contributed by atoms with Crippen LogP contribution in [0.5, 0.6) is 5.75 Å². The Labute approximate surface area is 452 Å². The Morgan fingerprint density at radius 2 is 1.77 bits per heavy atom. The van der Waals surface area contributed by atoms with Crippen LogP contribution in [-0.4, -0.2) is 145 Å². The van der Waals surface area contributed by atoms with E-state index in [4.69, 9.17) is 19.2 Å². The molecule has 0 radical (unpaired) electrons. The molecule has 9 rings (SSSR count). The number of likely N-dealkylation sites (N-methyl/N-ethyl adjacent to an activating group) is 2. The van der Waals surface area contributed by atoms with Crippen LogP contribution in [0.15, 0.2) is 72.9 Å². The molecule has 408 valence electrons. The molecule has 6 unspecified atom stereocenters. The van der Waals surface area contributed by atoms with Gasteiger partial charge in [-0.2, -0.15) is 5.26 Å². The van der Waals surface area contributed by atoms with Gasteiger partial charge < -0.3 is 43.9 Å². The molecule has 0 saturated carbocycles. The molecule has 17 nitrogen and oxygen atoms in total. The zero-order valence-corrected chi connectivity index (χ0v) is 46.1. The molecule has 77 heavy (non-hydrogen) atoms. The fourth-order valence-corrected chi connectivity index (χ4v) is 11.9. The number of benzene rings is 3. The normalized spacial score (nSPS) is 22.0. The number of aryl methyl sites for hydroxylation is 1. The van der Waals surface area contributed by atoms with Crippen LogP contribution in [0, 0.1) is 22.7 Å². The number of phenols is 1. The second kappa shape index (κ2) is 23.0. The summed E-state index contributed by atoms with van der Waals surface area (Å²) in [6, 6.07) is 20.3. The highest BCUT2D eigenvalue weighted by molar-refractivity contribution is 5.98. The first-order valence-corrected chi connectivity index (χ1v) is 27.3. The summed E-state index contributed by atoms with van der Waals surface area (Å²) in [5, 5.41) is 27.9. The summed E-state index contributed by atoms with van der Waals surface area (Å²) in [7, 11) is 5.41. The number of carbonyl (C=O) groups is 4. The van der Waals surface area contributed by atoms with Crippen molar-refractivity contribution in [3.63, 3.8) is 0 Å². The fourth-order valence-electron chi connectivity index (χ4n) is 11.9. The van der Waals surface area contributed by atoms with Crippen molar-refractivity contribution in [3.8, 4) is 34.2 Å². The quantitative estimate of drug-likeness (QED) is 0.113. The maximum atomic E-state index is 15.0. The van der Waals surface area contributed by atoms with Crippen molar-refractivity contribution >= 4 is 40.3 Å². The molecule has 3 aromatic carbocycles. The summed E-state index contributed by atoms with van der Waals surface area (Å²) < 4.78 is 20.5. The molecule has 3 amide bonds. The Morgan fingerprint density at radius 1 is 1.01 bits per heavy atom. The van der Waals surface area contributed by atoms with Crippen LogP contribution in [0.1, 0.15) is 101 Å². The minimum absolute atomic E-state index is 0.0513. The second-order valence-electron chi connectivity index (χ2n) is 22.5.